The van der Waals surface area contributed by atoms with Crippen molar-refractivity contribution in [3.05, 3.63) is 42.5 Å². The van der Waals surface area contributed by atoms with Gasteiger partial charge in [0.25, 0.3) is 5.91 Å². The van der Waals surface area contributed by atoms with Crippen molar-refractivity contribution in [2.45, 2.75) is 38.3 Å². The number of likely N-dealkylation sites (tertiary alicyclic amines) is 1. The summed E-state index contributed by atoms with van der Waals surface area (Å²) >= 11 is 0. The van der Waals surface area contributed by atoms with Crippen LogP contribution in [0.25, 0.3) is 0 Å². The van der Waals surface area contributed by atoms with Crippen LogP contribution < -0.4 is 4.74 Å². The van der Waals surface area contributed by atoms with Gasteiger partial charge in [-0.15, -0.1) is 6.58 Å². The van der Waals surface area contributed by atoms with Crippen molar-refractivity contribution < 1.29 is 14.3 Å². The summed E-state index contributed by atoms with van der Waals surface area (Å²) in [5.74, 6) is 0.906. The molecular formula is C18H25NO3. The molecule has 0 unspecified atom stereocenters. The van der Waals surface area contributed by atoms with Crippen LogP contribution in [0.3, 0.4) is 0 Å². The van der Waals surface area contributed by atoms with Gasteiger partial charge in [-0.3, -0.25) is 4.79 Å². The Morgan fingerprint density at radius 3 is 2.82 bits per heavy atom. The fourth-order valence-electron chi connectivity index (χ4n) is 2.84. The maximum Gasteiger partial charge on any atom is 0.251 e. The molecule has 0 saturated carbocycles. The van der Waals surface area contributed by atoms with E-state index in [1.54, 1.807) is 13.2 Å². The second kappa shape index (κ2) is 7.99. The third-order valence-electron chi connectivity index (χ3n) is 4.07. The van der Waals surface area contributed by atoms with Crippen LogP contribution in [-0.2, 0) is 9.53 Å². The molecule has 0 N–H and O–H groups in total. The Morgan fingerprint density at radius 2 is 2.18 bits per heavy atom. The van der Waals surface area contributed by atoms with Crippen LogP contribution in [0.5, 0.6) is 5.75 Å². The molecular weight excluding hydrogens is 278 g/mol. The molecule has 1 heterocycles. The molecule has 0 spiro atoms. The van der Waals surface area contributed by atoms with E-state index in [4.69, 9.17) is 9.47 Å². The number of hydrogen-bond donors (Lipinski definition) is 0. The first-order valence-corrected chi connectivity index (χ1v) is 7.84. The number of ether oxygens (including phenoxy) is 2. The van der Waals surface area contributed by atoms with Crippen molar-refractivity contribution in [3.63, 3.8) is 0 Å². The largest absolute Gasteiger partial charge is 0.497 e. The second-order valence-electron chi connectivity index (χ2n) is 5.55. The average Bonchev–Trinajstić information content (AvgIpc) is 3.03. The molecule has 1 aliphatic heterocycles. The van der Waals surface area contributed by atoms with Crippen LogP contribution in [0.15, 0.2) is 36.9 Å². The molecule has 1 aromatic rings. The van der Waals surface area contributed by atoms with Crippen molar-refractivity contribution in [1.82, 2.24) is 4.90 Å². The van der Waals surface area contributed by atoms with Gasteiger partial charge in [0.15, 0.2) is 0 Å². The van der Waals surface area contributed by atoms with E-state index in [-0.39, 0.29) is 11.9 Å². The SMILES string of the molecule is C=CCCO[C@H](C)C(=O)N1CCC[C@H]1c1ccc(OC)cc1. The Kier molecular flexibility index (Phi) is 6.01. The second-order valence-corrected chi connectivity index (χ2v) is 5.55. The van der Waals surface area contributed by atoms with Gasteiger partial charge in [-0.2, -0.15) is 0 Å². The minimum Gasteiger partial charge on any atom is -0.497 e. The maximum atomic E-state index is 12.6. The number of rotatable bonds is 7. The molecule has 0 aliphatic carbocycles. The first-order chi connectivity index (χ1) is 10.7. The van der Waals surface area contributed by atoms with E-state index < -0.39 is 6.10 Å². The first kappa shape index (κ1) is 16.6. The van der Waals surface area contributed by atoms with Crippen LogP contribution in [0.4, 0.5) is 0 Å². The number of carbonyl (C=O) groups is 1. The monoisotopic (exact) mass is 303 g/mol. The van der Waals surface area contributed by atoms with E-state index in [1.807, 2.05) is 36.1 Å². The summed E-state index contributed by atoms with van der Waals surface area (Å²) in [5, 5.41) is 0. The minimum atomic E-state index is -0.404. The average molecular weight is 303 g/mol. The number of amides is 1. The van der Waals surface area contributed by atoms with Gasteiger partial charge >= 0.3 is 0 Å². The normalized spacial score (nSPS) is 19.0. The first-order valence-electron chi connectivity index (χ1n) is 7.84. The van der Waals surface area contributed by atoms with Gasteiger partial charge in [0.1, 0.15) is 11.9 Å². The predicted octanol–water partition coefficient (Wildman–Crippen LogP) is 3.34. The zero-order chi connectivity index (χ0) is 15.9. The molecule has 1 saturated heterocycles. The molecule has 2 atom stereocenters. The van der Waals surface area contributed by atoms with Crippen molar-refractivity contribution in [2.75, 3.05) is 20.3 Å². The molecule has 1 amide bonds. The van der Waals surface area contributed by atoms with Crippen molar-refractivity contribution in [2.24, 2.45) is 0 Å². The summed E-state index contributed by atoms with van der Waals surface area (Å²) < 4.78 is 10.8. The fraction of sp³-hybridized carbons (Fsp3) is 0.500. The van der Waals surface area contributed by atoms with Gasteiger partial charge in [0.05, 0.1) is 19.8 Å². The Hall–Kier alpha value is -1.81. The van der Waals surface area contributed by atoms with Crippen molar-refractivity contribution in [1.29, 1.82) is 0 Å². The number of methoxy groups -OCH3 is 1. The smallest absolute Gasteiger partial charge is 0.251 e. The molecule has 22 heavy (non-hydrogen) atoms. The highest BCUT2D eigenvalue weighted by atomic mass is 16.5. The molecule has 0 bridgehead atoms. The summed E-state index contributed by atoms with van der Waals surface area (Å²) in [7, 11) is 1.66. The van der Waals surface area contributed by atoms with E-state index in [0.717, 1.165) is 37.1 Å². The number of nitrogens with zero attached hydrogens (tertiary/aromatic N) is 1. The molecule has 1 aromatic carbocycles. The molecule has 120 valence electrons. The van der Waals surface area contributed by atoms with Gasteiger partial charge in [-0.1, -0.05) is 18.2 Å². The van der Waals surface area contributed by atoms with Crippen LogP contribution >= 0.6 is 0 Å². The lowest BCUT2D eigenvalue weighted by molar-refractivity contribution is -0.143. The summed E-state index contributed by atoms with van der Waals surface area (Å²) in [6.07, 6.45) is 4.19. The molecule has 1 fully saturated rings. The minimum absolute atomic E-state index is 0.0716. The van der Waals surface area contributed by atoms with Gasteiger partial charge in [-0.25, -0.2) is 0 Å². The van der Waals surface area contributed by atoms with Crippen LogP contribution in [-0.4, -0.2) is 37.2 Å². The summed E-state index contributed by atoms with van der Waals surface area (Å²) in [6.45, 7) is 6.82. The fourth-order valence-corrected chi connectivity index (χ4v) is 2.84. The quantitative estimate of drug-likeness (QED) is 0.573. The molecule has 4 heteroatoms. The zero-order valence-electron chi connectivity index (χ0n) is 13.5. The number of carbonyl (C=O) groups excluding carboxylic acids is 1. The zero-order valence-corrected chi connectivity index (χ0v) is 13.5. The highest BCUT2D eigenvalue weighted by Gasteiger charge is 2.32. The summed E-state index contributed by atoms with van der Waals surface area (Å²) in [5.41, 5.74) is 1.16. The predicted molar refractivity (Wildman–Crippen MR) is 86.9 cm³/mol. The van der Waals surface area contributed by atoms with Gasteiger partial charge in [0.2, 0.25) is 0 Å². The third-order valence-corrected chi connectivity index (χ3v) is 4.07. The van der Waals surface area contributed by atoms with Gasteiger partial charge in [-0.05, 0) is 43.9 Å². The van der Waals surface area contributed by atoms with Crippen molar-refractivity contribution >= 4 is 5.91 Å². The highest BCUT2D eigenvalue weighted by molar-refractivity contribution is 5.81. The standard InChI is InChI=1S/C18H25NO3/c1-4-5-13-22-14(2)18(20)19-12-6-7-17(19)15-8-10-16(21-3)11-9-15/h4,8-11,14,17H,1,5-7,12-13H2,2-3H3/t14-,17+/m1/s1. The van der Waals surface area contributed by atoms with E-state index in [1.165, 1.54) is 0 Å². The van der Waals surface area contributed by atoms with E-state index in [9.17, 15) is 4.79 Å². The summed E-state index contributed by atoms with van der Waals surface area (Å²) in [6, 6.07) is 8.11. The lowest BCUT2D eigenvalue weighted by atomic mass is 10.0. The van der Waals surface area contributed by atoms with E-state index >= 15 is 0 Å². The summed E-state index contributed by atoms with van der Waals surface area (Å²) in [4.78, 5) is 14.5. The maximum absolute atomic E-state index is 12.6. The number of hydrogen-bond acceptors (Lipinski definition) is 3. The Morgan fingerprint density at radius 1 is 1.45 bits per heavy atom. The Bertz CT molecular complexity index is 498. The molecule has 0 radical (unpaired) electrons. The molecule has 1 aliphatic rings. The van der Waals surface area contributed by atoms with E-state index in [2.05, 4.69) is 6.58 Å². The van der Waals surface area contributed by atoms with Crippen molar-refractivity contribution in [3.8, 4) is 5.75 Å². The third kappa shape index (κ3) is 3.89. The Balaban J connectivity index is 2.02. The number of benzene rings is 1. The topological polar surface area (TPSA) is 38.8 Å². The van der Waals surface area contributed by atoms with Crippen LogP contribution in [0.2, 0.25) is 0 Å². The Labute approximate surface area is 132 Å². The molecule has 0 aromatic heterocycles. The van der Waals surface area contributed by atoms with Crippen LogP contribution in [0.1, 0.15) is 37.8 Å². The molecule has 4 nitrogen and oxygen atoms in total. The molecule has 2 rings (SSSR count). The highest BCUT2D eigenvalue weighted by Crippen LogP contribution is 2.33. The van der Waals surface area contributed by atoms with Gasteiger partial charge < -0.3 is 14.4 Å². The van der Waals surface area contributed by atoms with E-state index in [0.29, 0.717) is 6.61 Å². The lowest BCUT2D eigenvalue weighted by Crippen LogP contribution is -2.38. The van der Waals surface area contributed by atoms with Crippen LogP contribution in [0, 0.1) is 0 Å². The van der Waals surface area contributed by atoms with Gasteiger partial charge in [0, 0.05) is 6.54 Å². The lowest BCUT2D eigenvalue weighted by Gasteiger charge is -2.28.